The number of hydrogen-bond acceptors (Lipinski definition) is 3. The van der Waals surface area contributed by atoms with Crippen molar-refractivity contribution in [2.24, 2.45) is 0 Å². The van der Waals surface area contributed by atoms with E-state index in [0.717, 1.165) is 5.39 Å². The van der Waals surface area contributed by atoms with E-state index in [1.165, 1.54) is 12.3 Å². The maximum Gasteiger partial charge on any atom is 0.262 e. The highest BCUT2D eigenvalue weighted by Crippen LogP contribution is 2.18. The molecule has 0 aliphatic rings. The maximum absolute atomic E-state index is 10.9. The SMILES string of the molecule is O=S(=O)(Cl)c1cnc2c[nH]cc2c1. The van der Waals surface area contributed by atoms with E-state index in [0.29, 0.717) is 5.52 Å². The minimum atomic E-state index is -3.68. The molecule has 1 N–H and O–H groups in total. The number of aromatic nitrogens is 2. The number of H-pyrrole nitrogens is 1. The zero-order valence-electron chi connectivity index (χ0n) is 6.36. The molecule has 0 spiro atoms. The lowest BCUT2D eigenvalue weighted by atomic mass is 10.3. The van der Waals surface area contributed by atoms with Crippen LogP contribution in [0.15, 0.2) is 29.6 Å². The Balaban J connectivity index is 2.75. The Morgan fingerprint density at radius 1 is 1.38 bits per heavy atom. The van der Waals surface area contributed by atoms with Crippen LogP contribution in [0.3, 0.4) is 0 Å². The molecule has 68 valence electrons. The van der Waals surface area contributed by atoms with Crippen LogP contribution in [0.1, 0.15) is 0 Å². The monoisotopic (exact) mass is 216 g/mol. The fourth-order valence-corrected chi connectivity index (χ4v) is 1.75. The standard InChI is InChI=1S/C7H5ClN2O2S/c8-13(11,12)6-1-5-2-9-4-7(5)10-3-6/h1-4,9H. The largest absolute Gasteiger partial charge is 0.365 e. The van der Waals surface area contributed by atoms with E-state index in [9.17, 15) is 8.42 Å². The van der Waals surface area contributed by atoms with Gasteiger partial charge in [-0.3, -0.25) is 4.98 Å². The molecule has 0 aliphatic carbocycles. The summed E-state index contributed by atoms with van der Waals surface area (Å²) in [6, 6.07) is 1.47. The average molecular weight is 217 g/mol. The summed E-state index contributed by atoms with van der Waals surface area (Å²) in [5, 5.41) is 0.724. The van der Waals surface area contributed by atoms with Gasteiger partial charge >= 0.3 is 0 Å². The minimum Gasteiger partial charge on any atom is -0.365 e. The molecule has 0 fully saturated rings. The normalized spacial score (nSPS) is 12.1. The van der Waals surface area contributed by atoms with Crippen molar-refractivity contribution in [1.29, 1.82) is 0 Å². The van der Waals surface area contributed by atoms with Gasteiger partial charge in [0.05, 0.1) is 5.52 Å². The highest BCUT2D eigenvalue weighted by atomic mass is 35.7. The van der Waals surface area contributed by atoms with Crippen LogP contribution in [0.25, 0.3) is 10.9 Å². The number of rotatable bonds is 1. The van der Waals surface area contributed by atoms with Crippen molar-refractivity contribution in [3.05, 3.63) is 24.7 Å². The van der Waals surface area contributed by atoms with Gasteiger partial charge in [-0.05, 0) is 6.07 Å². The van der Waals surface area contributed by atoms with Crippen LogP contribution in [0.4, 0.5) is 0 Å². The predicted molar refractivity (Wildman–Crippen MR) is 49.1 cm³/mol. The molecule has 4 nitrogen and oxygen atoms in total. The lowest BCUT2D eigenvalue weighted by Crippen LogP contribution is -1.90. The first-order valence-corrected chi connectivity index (χ1v) is 5.75. The topological polar surface area (TPSA) is 62.8 Å². The van der Waals surface area contributed by atoms with Crippen molar-refractivity contribution in [1.82, 2.24) is 9.97 Å². The van der Waals surface area contributed by atoms with Crippen LogP contribution in [0.5, 0.6) is 0 Å². The first-order valence-electron chi connectivity index (χ1n) is 3.44. The van der Waals surface area contributed by atoms with Gasteiger partial charge in [-0.15, -0.1) is 0 Å². The third-order valence-electron chi connectivity index (χ3n) is 1.66. The summed E-state index contributed by atoms with van der Waals surface area (Å²) in [7, 11) is 1.47. The fourth-order valence-electron chi connectivity index (χ4n) is 1.05. The maximum atomic E-state index is 10.9. The van der Waals surface area contributed by atoms with Crippen molar-refractivity contribution in [2.45, 2.75) is 4.90 Å². The Morgan fingerprint density at radius 3 is 2.85 bits per heavy atom. The van der Waals surface area contributed by atoms with Gasteiger partial charge in [0.15, 0.2) is 0 Å². The van der Waals surface area contributed by atoms with Gasteiger partial charge < -0.3 is 4.98 Å². The molecule has 0 unspecified atom stereocenters. The molecule has 2 heterocycles. The summed E-state index contributed by atoms with van der Waals surface area (Å²) < 4.78 is 21.8. The average Bonchev–Trinajstić information content (AvgIpc) is 2.47. The van der Waals surface area contributed by atoms with Gasteiger partial charge in [0, 0.05) is 34.7 Å². The Bertz CT molecular complexity index is 546. The number of fused-ring (bicyclic) bond motifs is 1. The van der Waals surface area contributed by atoms with E-state index in [1.807, 2.05) is 0 Å². The molecule has 0 bridgehead atoms. The molecule has 0 saturated carbocycles. The second-order valence-electron chi connectivity index (χ2n) is 2.54. The van der Waals surface area contributed by atoms with Crippen LogP contribution in [-0.2, 0) is 9.05 Å². The summed E-state index contributed by atoms with van der Waals surface area (Å²) in [6.07, 6.45) is 4.58. The fraction of sp³-hybridized carbons (Fsp3) is 0. The van der Waals surface area contributed by atoms with E-state index in [4.69, 9.17) is 10.7 Å². The molecule has 0 amide bonds. The third kappa shape index (κ3) is 1.52. The molecule has 2 aromatic heterocycles. The van der Waals surface area contributed by atoms with Gasteiger partial charge in [0.25, 0.3) is 9.05 Å². The van der Waals surface area contributed by atoms with Crippen molar-refractivity contribution < 1.29 is 8.42 Å². The van der Waals surface area contributed by atoms with Crippen LogP contribution >= 0.6 is 10.7 Å². The van der Waals surface area contributed by atoms with Gasteiger partial charge in [-0.1, -0.05) is 0 Å². The van der Waals surface area contributed by atoms with Crippen molar-refractivity contribution in [3.63, 3.8) is 0 Å². The first-order chi connectivity index (χ1) is 6.07. The molecule has 6 heteroatoms. The quantitative estimate of drug-likeness (QED) is 0.735. The molecular formula is C7H5ClN2O2S. The lowest BCUT2D eigenvalue weighted by Gasteiger charge is -1.94. The molecule has 0 aromatic carbocycles. The zero-order chi connectivity index (χ0) is 9.47. The lowest BCUT2D eigenvalue weighted by molar-refractivity contribution is 0.609. The zero-order valence-corrected chi connectivity index (χ0v) is 7.93. The minimum absolute atomic E-state index is 0.0151. The van der Waals surface area contributed by atoms with Gasteiger partial charge in [-0.25, -0.2) is 8.42 Å². The molecule has 0 aliphatic heterocycles. The number of nitrogens with zero attached hydrogens (tertiary/aromatic N) is 1. The summed E-state index contributed by atoms with van der Waals surface area (Å²) in [5.41, 5.74) is 0.712. The number of pyridine rings is 1. The summed E-state index contributed by atoms with van der Waals surface area (Å²) in [4.78, 5) is 6.74. The van der Waals surface area contributed by atoms with Crippen molar-refractivity contribution in [3.8, 4) is 0 Å². The van der Waals surface area contributed by atoms with Crippen molar-refractivity contribution >= 4 is 30.6 Å². The number of halogens is 1. The smallest absolute Gasteiger partial charge is 0.262 e. The molecule has 13 heavy (non-hydrogen) atoms. The first kappa shape index (κ1) is 8.52. The third-order valence-corrected chi connectivity index (χ3v) is 2.99. The summed E-state index contributed by atoms with van der Waals surface area (Å²) >= 11 is 0. The number of nitrogens with one attached hydrogen (secondary N) is 1. The van der Waals surface area contributed by atoms with E-state index in [1.54, 1.807) is 12.4 Å². The van der Waals surface area contributed by atoms with E-state index in [2.05, 4.69) is 9.97 Å². The predicted octanol–water partition coefficient (Wildman–Crippen LogP) is 1.49. The highest BCUT2D eigenvalue weighted by molar-refractivity contribution is 8.13. The molecule has 2 aromatic rings. The Labute approximate surface area is 79.0 Å². The summed E-state index contributed by atoms with van der Waals surface area (Å²) in [5.74, 6) is 0. The van der Waals surface area contributed by atoms with E-state index >= 15 is 0 Å². The van der Waals surface area contributed by atoms with Crippen molar-refractivity contribution in [2.75, 3.05) is 0 Å². The van der Waals surface area contributed by atoms with Crippen LogP contribution in [0.2, 0.25) is 0 Å². The highest BCUT2D eigenvalue weighted by Gasteiger charge is 2.10. The molecule has 2 rings (SSSR count). The second-order valence-corrected chi connectivity index (χ2v) is 5.10. The van der Waals surface area contributed by atoms with E-state index in [-0.39, 0.29) is 4.90 Å². The molecule has 0 radical (unpaired) electrons. The summed E-state index contributed by atoms with van der Waals surface area (Å²) in [6.45, 7) is 0. The van der Waals surface area contributed by atoms with Gasteiger partial charge in [0.1, 0.15) is 4.90 Å². The number of aromatic amines is 1. The second kappa shape index (κ2) is 2.71. The van der Waals surface area contributed by atoms with Gasteiger partial charge in [0.2, 0.25) is 0 Å². The van der Waals surface area contributed by atoms with E-state index < -0.39 is 9.05 Å². The Kier molecular flexibility index (Phi) is 1.78. The van der Waals surface area contributed by atoms with Gasteiger partial charge in [-0.2, -0.15) is 0 Å². The molecule has 0 saturated heterocycles. The van der Waals surface area contributed by atoms with Crippen LogP contribution in [0, 0.1) is 0 Å². The Morgan fingerprint density at radius 2 is 2.15 bits per heavy atom. The van der Waals surface area contributed by atoms with Crippen LogP contribution < -0.4 is 0 Å². The Hall–Kier alpha value is -1.07. The number of hydrogen-bond donors (Lipinski definition) is 1. The molecular weight excluding hydrogens is 212 g/mol. The van der Waals surface area contributed by atoms with Crippen LogP contribution in [-0.4, -0.2) is 18.4 Å². The molecule has 0 atom stereocenters.